The maximum atomic E-state index is 12.3. The van der Waals surface area contributed by atoms with Crippen molar-refractivity contribution in [2.75, 3.05) is 11.9 Å². The minimum Gasteiger partial charge on any atom is -0.330 e. The predicted molar refractivity (Wildman–Crippen MR) is 87.7 cm³/mol. The number of carbonyl (C=O) groups is 1. The molecule has 21 heavy (non-hydrogen) atoms. The number of hydrogen-bond acceptors (Lipinski definition) is 3. The second-order valence-electron chi connectivity index (χ2n) is 6.24. The van der Waals surface area contributed by atoms with Gasteiger partial charge in [-0.1, -0.05) is 19.3 Å². The van der Waals surface area contributed by atoms with E-state index in [0.29, 0.717) is 13.0 Å². The molecule has 1 fully saturated rings. The molecule has 2 rings (SSSR count). The van der Waals surface area contributed by atoms with Gasteiger partial charge >= 0.3 is 0 Å². The van der Waals surface area contributed by atoms with Crippen LogP contribution in [0, 0.1) is 5.41 Å². The van der Waals surface area contributed by atoms with Crippen molar-refractivity contribution in [1.82, 2.24) is 9.78 Å². The van der Waals surface area contributed by atoms with E-state index in [9.17, 15) is 4.79 Å². The summed E-state index contributed by atoms with van der Waals surface area (Å²) in [4.78, 5) is 12.3. The van der Waals surface area contributed by atoms with E-state index in [4.69, 9.17) is 5.73 Å². The number of nitrogens with two attached hydrogens (primary N) is 1. The summed E-state index contributed by atoms with van der Waals surface area (Å²) in [5, 5.41) is 7.21. The molecule has 1 aliphatic carbocycles. The minimum atomic E-state index is 0. The molecule has 1 heterocycles. The quantitative estimate of drug-likeness (QED) is 0.877. The van der Waals surface area contributed by atoms with Gasteiger partial charge in [0.1, 0.15) is 5.82 Å². The minimum absolute atomic E-state index is 0. The number of nitrogens with one attached hydrogen (secondary N) is 1. The maximum absolute atomic E-state index is 12.3. The molecule has 0 aromatic carbocycles. The summed E-state index contributed by atoms with van der Waals surface area (Å²) in [6.45, 7) is 4.69. The van der Waals surface area contributed by atoms with Gasteiger partial charge in [-0.05, 0) is 38.6 Å². The lowest BCUT2D eigenvalue weighted by atomic mass is 9.71. The largest absolute Gasteiger partial charge is 0.330 e. The summed E-state index contributed by atoms with van der Waals surface area (Å²) in [6.07, 6.45) is 8.02. The van der Waals surface area contributed by atoms with Gasteiger partial charge in [0.05, 0.1) is 6.20 Å². The number of halogens is 1. The molecule has 0 spiro atoms. The number of aromatic nitrogens is 2. The van der Waals surface area contributed by atoms with E-state index in [1.54, 1.807) is 6.20 Å². The molecule has 0 bridgehead atoms. The Morgan fingerprint density at radius 2 is 2.10 bits per heavy atom. The van der Waals surface area contributed by atoms with E-state index in [-0.39, 0.29) is 29.8 Å². The lowest BCUT2D eigenvalue weighted by Crippen LogP contribution is -2.36. The number of rotatable bonds is 5. The van der Waals surface area contributed by atoms with Crippen LogP contribution in [0.5, 0.6) is 0 Å². The van der Waals surface area contributed by atoms with E-state index in [2.05, 4.69) is 10.4 Å². The zero-order chi connectivity index (χ0) is 14.6. The van der Waals surface area contributed by atoms with Crippen LogP contribution in [0.3, 0.4) is 0 Å². The SMILES string of the molecule is CC(C)n1nccc1NC(=O)CC1(CN)CCCCC1.Cl. The van der Waals surface area contributed by atoms with Crippen LogP contribution in [-0.4, -0.2) is 22.2 Å². The van der Waals surface area contributed by atoms with Gasteiger partial charge in [-0.2, -0.15) is 5.10 Å². The van der Waals surface area contributed by atoms with Gasteiger partial charge < -0.3 is 11.1 Å². The fourth-order valence-electron chi connectivity index (χ4n) is 3.11. The Labute approximate surface area is 133 Å². The summed E-state index contributed by atoms with van der Waals surface area (Å²) >= 11 is 0. The van der Waals surface area contributed by atoms with Crippen LogP contribution in [-0.2, 0) is 4.79 Å². The molecule has 120 valence electrons. The molecule has 0 saturated heterocycles. The first-order valence-corrected chi connectivity index (χ1v) is 7.60. The molecule has 0 aliphatic heterocycles. The summed E-state index contributed by atoms with van der Waals surface area (Å²) in [5.74, 6) is 0.827. The van der Waals surface area contributed by atoms with Gasteiger partial charge in [0.15, 0.2) is 0 Å². The Morgan fingerprint density at radius 3 is 2.67 bits per heavy atom. The fraction of sp³-hybridized carbons (Fsp3) is 0.733. The summed E-state index contributed by atoms with van der Waals surface area (Å²) in [5.41, 5.74) is 5.95. The van der Waals surface area contributed by atoms with Crippen molar-refractivity contribution < 1.29 is 4.79 Å². The zero-order valence-corrected chi connectivity index (χ0v) is 13.8. The van der Waals surface area contributed by atoms with E-state index in [0.717, 1.165) is 18.7 Å². The predicted octanol–water partition coefficient (Wildman–Crippen LogP) is 3.12. The van der Waals surface area contributed by atoms with Gasteiger partial charge in [-0.15, -0.1) is 12.4 Å². The first-order valence-electron chi connectivity index (χ1n) is 7.60. The van der Waals surface area contributed by atoms with Crippen LogP contribution in [0.2, 0.25) is 0 Å². The van der Waals surface area contributed by atoms with Crippen LogP contribution in [0.15, 0.2) is 12.3 Å². The molecule has 5 nitrogen and oxygen atoms in total. The fourth-order valence-corrected chi connectivity index (χ4v) is 3.11. The van der Waals surface area contributed by atoms with E-state index in [1.807, 2.05) is 24.6 Å². The second-order valence-corrected chi connectivity index (χ2v) is 6.24. The topological polar surface area (TPSA) is 72.9 Å². The molecule has 3 N–H and O–H groups in total. The highest BCUT2D eigenvalue weighted by molar-refractivity contribution is 5.90. The Kier molecular flexibility index (Phi) is 6.68. The molecule has 1 amide bonds. The Balaban J connectivity index is 0.00000220. The Bertz CT molecular complexity index is 452. The molecule has 1 aromatic heterocycles. The first kappa shape index (κ1) is 18.0. The third kappa shape index (κ3) is 4.45. The lowest BCUT2D eigenvalue weighted by Gasteiger charge is -2.35. The average molecular weight is 315 g/mol. The van der Waals surface area contributed by atoms with E-state index < -0.39 is 0 Å². The van der Waals surface area contributed by atoms with Gasteiger partial charge in [0.25, 0.3) is 0 Å². The van der Waals surface area contributed by atoms with Crippen molar-refractivity contribution in [3.8, 4) is 0 Å². The van der Waals surface area contributed by atoms with Crippen molar-refractivity contribution in [1.29, 1.82) is 0 Å². The number of carbonyl (C=O) groups excluding carboxylic acids is 1. The molecular formula is C15H27ClN4O. The molecule has 0 atom stereocenters. The molecule has 0 radical (unpaired) electrons. The number of anilines is 1. The van der Waals surface area contributed by atoms with Crippen LogP contribution < -0.4 is 11.1 Å². The molecule has 1 saturated carbocycles. The van der Waals surface area contributed by atoms with Gasteiger partial charge in [0, 0.05) is 18.5 Å². The van der Waals surface area contributed by atoms with Crippen molar-refractivity contribution in [2.45, 2.75) is 58.4 Å². The van der Waals surface area contributed by atoms with Gasteiger partial charge in [0.2, 0.25) is 5.91 Å². The zero-order valence-electron chi connectivity index (χ0n) is 13.0. The second kappa shape index (κ2) is 7.80. The standard InChI is InChI=1S/C15H26N4O.ClH/c1-12(2)19-13(6-9-17-19)18-14(20)10-15(11-16)7-4-3-5-8-15;/h6,9,12H,3-5,7-8,10-11,16H2,1-2H3,(H,18,20);1H. The van der Waals surface area contributed by atoms with Gasteiger partial charge in [-0.3, -0.25) is 4.79 Å². The van der Waals surface area contributed by atoms with E-state index >= 15 is 0 Å². The maximum Gasteiger partial charge on any atom is 0.226 e. The smallest absolute Gasteiger partial charge is 0.226 e. The third-order valence-corrected chi connectivity index (χ3v) is 4.31. The van der Waals surface area contributed by atoms with Crippen molar-refractivity contribution in [2.24, 2.45) is 11.1 Å². The number of amides is 1. The van der Waals surface area contributed by atoms with Crippen molar-refractivity contribution >= 4 is 24.1 Å². The third-order valence-electron chi connectivity index (χ3n) is 4.31. The molecule has 0 unspecified atom stereocenters. The van der Waals surface area contributed by atoms with Crippen LogP contribution in [0.1, 0.15) is 58.4 Å². The number of hydrogen-bond donors (Lipinski definition) is 2. The normalized spacial score (nSPS) is 17.3. The number of nitrogens with zero attached hydrogens (tertiary/aromatic N) is 2. The van der Waals surface area contributed by atoms with Crippen molar-refractivity contribution in [3.63, 3.8) is 0 Å². The molecule has 1 aromatic rings. The van der Waals surface area contributed by atoms with E-state index in [1.165, 1.54) is 19.3 Å². The summed E-state index contributed by atoms with van der Waals surface area (Å²) in [7, 11) is 0. The van der Waals surface area contributed by atoms with Crippen LogP contribution >= 0.6 is 12.4 Å². The Morgan fingerprint density at radius 1 is 1.43 bits per heavy atom. The summed E-state index contributed by atoms with van der Waals surface area (Å²) in [6, 6.07) is 2.08. The van der Waals surface area contributed by atoms with Gasteiger partial charge in [-0.25, -0.2) is 4.68 Å². The lowest BCUT2D eigenvalue weighted by molar-refractivity contribution is -0.118. The summed E-state index contributed by atoms with van der Waals surface area (Å²) < 4.78 is 1.83. The highest BCUT2D eigenvalue weighted by Crippen LogP contribution is 2.38. The van der Waals surface area contributed by atoms with Crippen LogP contribution in [0.25, 0.3) is 0 Å². The van der Waals surface area contributed by atoms with Crippen LogP contribution in [0.4, 0.5) is 5.82 Å². The Hall–Kier alpha value is -1.07. The highest BCUT2D eigenvalue weighted by atomic mass is 35.5. The highest BCUT2D eigenvalue weighted by Gasteiger charge is 2.33. The van der Waals surface area contributed by atoms with Crippen molar-refractivity contribution in [3.05, 3.63) is 12.3 Å². The molecular weight excluding hydrogens is 288 g/mol. The monoisotopic (exact) mass is 314 g/mol. The molecule has 6 heteroatoms. The first-order chi connectivity index (χ1) is 9.56. The molecule has 1 aliphatic rings. The average Bonchev–Trinajstić information content (AvgIpc) is 2.88.